The topological polar surface area (TPSA) is 63.6 Å². The molecule has 0 aliphatic carbocycles. The zero-order valence-corrected chi connectivity index (χ0v) is 11.9. The van der Waals surface area contributed by atoms with Crippen LogP contribution in [-0.2, 0) is 14.3 Å². The maximum Gasteiger partial charge on any atom is 0.305 e. The molecular weight excluding hydrogens is 244 g/mol. The van der Waals surface area contributed by atoms with Gasteiger partial charge in [0.1, 0.15) is 0 Å². The third kappa shape index (κ3) is 14.6. The number of allylic oxidation sites excluding steroid dienone is 1. The smallest absolute Gasteiger partial charge is 0.305 e. The van der Waals surface area contributed by atoms with E-state index in [1.54, 1.807) is 0 Å². The predicted octanol–water partition coefficient (Wildman–Crippen LogP) is 3.70. The molecule has 110 valence electrons. The van der Waals surface area contributed by atoms with Gasteiger partial charge in [0.05, 0.1) is 6.61 Å². The molecule has 0 unspecified atom stereocenters. The molecule has 0 aromatic carbocycles. The number of hydrogen-bond acceptors (Lipinski definition) is 3. The van der Waals surface area contributed by atoms with Gasteiger partial charge < -0.3 is 9.84 Å². The second-order valence-corrected chi connectivity index (χ2v) is 4.58. The van der Waals surface area contributed by atoms with Crippen molar-refractivity contribution in [2.75, 3.05) is 6.61 Å². The van der Waals surface area contributed by atoms with Gasteiger partial charge in [0.25, 0.3) is 0 Å². The van der Waals surface area contributed by atoms with Crippen molar-refractivity contribution in [2.45, 2.75) is 64.7 Å². The maximum atomic E-state index is 11.3. The Bertz CT molecular complexity index is 271. The highest BCUT2D eigenvalue weighted by molar-refractivity contribution is 5.69. The van der Waals surface area contributed by atoms with Crippen LogP contribution in [0.2, 0.25) is 0 Å². The van der Waals surface area contributed by atoms with E-state index in [9.17, 15) is 9.59 Å². The molecule has 0 rings (SSSR count). The van der Waals surface area contributed by atoms with Gasteiger partial charge in [-0.1, -0.05) is 31.9 Å². The standard InChI is InChI=1S/C15H26O4/c1-2-3-4-5-6-7-10-13-19-15(18)12-9-8-11-14(16)17/h6-7H,2-5,8-13H2,1H3,(H,16,17). The number of carbonyl (C=O) groups is 2. The molecule has 4 heteroatoms. The number of ether oxygens (including phenoxy) is 1. The van der Waals surface area contributed by atoms with E-state index in [1.807, 2.05) is 6.08 Å². The van der Waals surface area contributed by atoms with E-state index in [2.05, 4.69) is 13.0 Å². The minimum Gasteiger partial charge on any atom is -0.481 e. The van der Waals surface area contributed by atoms with Gasteiger partial charge in [-0.3, -0.25) is 9.59 Å². The lowest BCUT2D eigenvalue weighted by molar-refractivity contribution is -0.144. The van der Waals surface area contributed by atoms with Crippen LogP contribution in [0.25, 0.3) is 0 Å². The molecule has 0 atom stereocenters. The van der Waals surface area contributed by atoms with Crippen LogP contribution >= 0.6 is 0 Å². The van der Waals surface area contributed by atoms with E-state index in [0.29, 0.717) is 25.9 Å². The summed E-state index contributed by atoms with van der Waals surface area (Å²) in [5.74, 6) is -1.05. The van der Waals surface area contributed by atoms with Gasteiger partial charge in [-0.25, -0.2) is 0 Å². The second kappa shape index (κ2) is 13.1. The van der Waals surface area contributed by atoms with Gasteiger partial charge in [0.2, 0.25) is 0 Å². The molecule has 1 N–H and O–H groups in total. The summed E-state index contributed by atoms with van der Waals surface area (Å²) in [6, 6.07) is 0. The van der Waals surface area contributed by atoms with Gasteiger partial charge in [-0.15, -0.1) is 0 Å². The van der Waals surface area contributed by atoms with Gasteiger partial charge >= 0.3 is 11.9 Å². The lowest BCUT2D eigenvalue weighted by Crippen LogP contribution is -2.05. The quantitative estimate of drug-likeness (QED) is 0.333. The molecule has 0 aromatic rings. The Hall–Kier alpha value is -1.32. The lowest BCUT2D eigenvalue weighted by atomic mass is 10.2. The first-order valence-electron chi connectivity index (χ1n) is 7.19. The fourth-order valence-electron chi connectivity index (χ4n) is 1.61. The average Bonchev–Trinajstić information content (AvgIpc) is 2.37. The molecule has 4 nitrogen and oxygen atoms in total. The molecule has 0 fully saturated rings. The Balaban J connectivity index is 3.31. The van der Waals surface area contributed by atoms with Gasteiger partial charge in [-0.05, 0) is 32.1 Å². The van der Waals surface area contributed by atoms with Crippen LogP contribution in [0.15, 0.2) is 12.2 Å². The highest BCUT2D eigenvalue weighted by atomic mass is 16.5. The molecule has 0 saturated heterocycles. The van der Waals surface area contributed by atoms with Gasteiger partial charge in [0.15, 0.2) is 0 Å². The lowest BCUT2D eigenvalue weighted by Gasteiger charge is -2.02. The first kappa shape index (κ1) is 17.7. The largest absolute Gasteiger partial charge is 0.481 e. The summed E-state index contributed by atoms with van der Waals surface area (Å²) in [7, 11) is 0. The fourth-order valence-corrected chi connectivity index (χ4v) is 1.61. The van der Waals surface area contributed by atoms with E-state index in [0.717, 1.165) is 12.8 Å². The highest BCUT2D eigenvalue weighted by Crippen LogP contribution is 2.03. The molecule has 0 amide bonds. The third-order valence-electron chi connectivity index (χ3n) is 2.71. The maximum absolute atomic E-state index is 11.3. The summed E-state index contributed by atoms with van der Waals surface area (Å²) in [6.45, 7) is 2.60. The first-order chi connectivity index (χ1) is 9.16. The number of unbranched alkanes of at least 4 members (excludes halogenated alkanes) is 4. The minimum atomic E-state index is -0.818. The van der Waals surface area contributed by atoms with Crippen molar-refractivity contribution in [1.82, 2.24) is 0 Å². The van der Waals surface area contributed by atoms with Crippen LogP contribution in [0.3, 0.4) is 0 Å². The van der Waals surface area contributed by atoms with Crippen LogP contribution in [0.5, 0.6) is 0 Å². The Morgan fingerprint density at radius 3 is 2.37 bits per heavy atom. The summed E-state index contributed by atoms with van der Waals surface area (Å²) in [5.41, 5.74) is 0. The zero-order valence-electron chi connectivity index (χ0n) is 11.9. The SMILES string of the molecule is CCCCCC=CCCOC(=O)CCCCC(=O)O. The van der Waals surface area contributed by atoms with Crippen molar-refractivity contribution in [2.24, 2.45) is 0 Å². The third-order valence-corrected chi connectivity index (χ3v) is 2.71. The van der Waals surface area contributed by atoms with Crippen LogP contribution in [0, 0.1) is 0 Å². The van der Waals surface area contributed by atoms with E-state index in [1.165, 1.54) is 19.3 Å². The van der Waals surface area contributed by atoms with Gasteiger partial charge in [0, 0.05) is 12.8 Å². The molecule has 0 aliphatic rings. The summed E-state index contributed by atoms with van der Waals surface area (Å²) in [4.78, 5) is 21.5. The van der Waals surface area contributed by atoms with Crippen LogP contribution in [0.4, 0.5) is 0 Å². The summed E-state index contributed by atoms with van der Waals surface area (Å²) < 4.78 is 5.04. The Labute approximate surface area is 115 Å². The van der Waals surface area contributed by atoms with E-state index in [4.69, 9.17) is 9.84 Å². The number of carbonyl (C=O) groups excluding carboxylic acids is 1. The summed E-state index contributed by atoms with van der Waals surface area (Å²) in [5, 5.41) is 8.43. The molecule has 19 heavy (non-hydrogen) atoms. The van der Waals surface area contributed by atoms with E-state index >= 15 is 0 Å². The Morgan fingerprint density at radius 1 is 1.00 bits per heavy atom. The van der Waals surface area contributed by atoms with Crippen molar-refractivity contribution < 1.29 is 19.4 Å². The Kier molecular flexibility index (Phi) is 12.2. The summed E-state index contributed by atoms with van der Waals surface area (Å²) >= 11 is 0. The molecule has 0 heterocycles. The molecule has 0 saturated carbocycles. The number of carboxylic acids is 1. The van der Waals surface area contributed by atoms with Crippen LogP contribution in [0.1, 0.15) is 64.7 Å². The second-order valence-electron chi connectivity index (χ2n) is 4.58. The summed E-state index contributed by atoms with van der Waals surface area (Å²) in [6.07, 6.45) is 11.3. The fraction of sp³-hybridized carbons (Fsp3) is 0.733. The minimum absolute atomic E-state index is 0.119. The Morgan fingerprint density at radius 2 is 1.68 bits per heavy atom. The monoisotopic (exact) mass is 270 g/mol. The number of carboxylic acid groups (broad SMARTS) is 1. The van der Waals surface area contributed by atoms with E-state index < -0.39 is 5.97 Å². The van der Waals surface area contributed by atoms with Crippen molar-refractivity contribution in [3.05, 3.63) is 12.2 Å². The van der Waals surface area contributed by atoms with Crippen molar-refractivity contribution in [3.63, 3.8) is 0 Å². The van der Waals surface area contributed by atoms with E-state index in [-0.39, 0.29) is 12.4 Å². The number of rotatable bonds is 12. The molecular formula is C15H26O4. The zero-order chi connectivity index (χ0) is 14.3. The van der Waals surface area contributed by atoms with Crippen LogP contribution in [-0.4, -0.2) is 23.7 Å². The van der Waals surface area contributed by atoms with Crippen molar-refractivity contribution >= 4 is 11.9 Å². The van der Waals surface area contributed by atoms with Crippen molar-refractivity contribution in [3.8, 4) is 0 Å². The molecule has 0 spiro atoms. The number of esters is 1. The average molecular weight is 270 g/mol. The normalized spacial score (nSPS) is 10.8. The highest BCUT2D eigenvalue weighted by Gasteiger charge is 2.03. The van der Waals surface area contributed by atoms with Crippen LogP contribution < -0.4 is 0 Å². The number of aliphatic carboxylic acids is 1. The number of hydrogen-bond donors (Lipinski definition) is 1. The predicted molar refractivity (Wildman–Crippen MR) is 75.0 cm³/mol. The first-order valence-corrected chi connectivity index (χ1v) is 7.19. The molecule has 0 radical (unpaired) electrons. The van der Waals surface area contributed by atoms with Gasteiger partial charge in [-0.2, -0.15) is 0 Å². The molecule has 0 aliphatic heterocycles. The molecule has 0 aromatic heterocycles. The van der Waals surface area contributed by atoms with Crippen molar-refractivity contribution in [1.29, 1.82) is 0 Å². The molecule has 0 bridgehead atoms.